The van der Waals surface area contributed by atoms with Gasteiger partial charge in [0, 0.05) is 11.0 Å². The van der Waals surface area contributed by atoms with E-state index in [-0.39, 0.29) is 11.0 Å². The van der Waals surface area contributed by atoms with E-state index in [0.717, 1.165) is 18.4 Å². The zero-order valence-corrected chi connectivity index (χ0v) is 8.66. The maximum atomic E-state index is 8.74. The summed E-state index contributed by atoms with van der Waals surface area (Å²) >= 11 is 0. The number of hydrogen-bond acceptors (Lipinski definition) is 2. The molecule has 0 amide bonds. The van der Waals surface area contributed by atoms with Crippen molar-refractivity contribution in [2.45, 2.75) is 36.6 Å². The molecule has 0 saturated heterocycles. The van der Waals surface area contributed by atoms with Gasteiger partial charge in [0.1, 0.15) is 0 Å². The Hall–Kier alpha value is -1.33. The SMILES string of the molecule is N#Cc1ccc(C2(C3(N)CC3)CC2)cc1. The molecule has 0 bridgehead atoms. The molecule has 2 saturated carbocycles. The van der Waals surface area contributed by atoms with Crippen molar-refractivity contribution in [3.63, 3.8) is 0 Å². The Morgan fingerprint density at radius 1 is 1.07 bits per heavy atom. The van der Waals surface area contributed by atoms with Gasteiger partial charge >= 0.3 is 0 Å². The number of benzene rings is 1. The van der Waals surface area contributed by atoms with E-state index >= 15 is 0 Å². The molecular weight excluding hydrogens is 184 g/mol. The lowest BCUT2D eigenvalue weighted by atomic mass is 9.86. The number of rotatable bonds is 2. The first-order valence-electron chi connectivity index (χ1n) is 5.50. The Morgan fingerprint density at radius 3 is 2.07 bits per heavy atom. The Bertz CT molecular complexity index is 431. The average molecular weight is 198 g/mol. The summed E-state index contributed by atoms with van der Waals surface area (Å²) in [5, 5.41) is 8.74. The van der Waals surface area contributed by atoms with Crippen LogP contribution in [0, 0.1) is 11.3 Å². The van der Waals surface area contributed by atoms with Gasteiger partial charge in [0.05, 0.1) is 11.6 Å². The third-order valence-electron chi connectivity index (χ3n) is 4.06. The van der Waals surface area contributed by atoms with Crippen molar-refractivity contribution in [3.05, 3.63) is 35.4 Å². The fraction of sp³-hybridized carbons (Fsp3) is 0.462. The molecular formula is C13H14N2. The van der Waals surface area contributed by atoms with Crippen molar-refractivity contribution in [2.75, 3.05) is 0 Å². The standard InChI is InChI=1S/C13H14N2/c14-9-10-1-3-11(4-2-10)12(5-6-12)13(15)7-8-13/h1-4H,5-8,15H2. The zero-order chi connectivity index (χ0) is 10.5. The van der Waals surface area contributed by atoms with Crippen LogP contribution in [-0.4, -0.2) is 5.54 Å². The lowest BCUT2D eigenvalue weighted by Crippen LogP contribution is -2.37. The number of nitriles is 1. The molecule has 2 N–H and O–H groups in total. The fourth-order valence-electron chi connectivity index (χ4n) is 2.68. The highest BCUT2D eigenvalue weighted by atomic mass is 14.9. The molecule has 76 valence electrons. The van der Waals surface area contributed by atoms with Crippen LogP contribution in [0.1, 0.15) is 36.8 Å². The predicted octanol–water partition coefficient (Wildman–Crippen LogP) is 2.08. The molecule has 2 aliphatic rings. The lowest BCUT2D eigenvalue weighted by molar-refractivity contribution is 0.503. The summed E-state index contributed by atoms with van der Waals surface area (Å²) in [5.74, 6) is 0. The molecule has 2 aliphatic carbocycles. The average Bonchev–Trinajstić information content (AvgIpc) is 3.13. The molecule has 2 nitrogen and oxygen atoms in total. The maximum Gasteiger partial charge on any atom is 0.0991 e. The molecule has 0 aliphatic heterocycles. The Morgan fingerprint density at radius 2 is 1.67 bits per heavy atom. The van der Waals surface area contributed by atoms with E-state index in [2.05, 4.69) is 18.2 Å². The molecule has 15 heavy (non-hydrogen) atoms. The smallest absolute Gasteiger partial charge is 0.0991 e. The summed E-state index contributed by atoms with van der Waals surface area (Å²) in [5.41, 5.74) is 8.71. The fourth-order valence-corrected chi connectivity index (χ4v) is 2.68. The van der Waals surface area contributed by atoms with E-state index in [1.807, 2.05) is 12.1 Å². The van der Waals surface area contributed by atoms with Gasteiger partial charge in [0.25, 0.3) is 0 Å². The van der Waals surface area contributed by atoms with Gasteiger partial charge in [-0.05, 0) is 43.4 Å². The molecule has 0 atom stereocenters. The van der Waals surface area contributed by atoms with E-state index < -0.39 is 0 Å². The highest BCUT2D eigenvalue weighted by molar-refractivity contribution is 5.43. The minimum atomic E-state index is 0.0706. The number of hydrogen-bond donors (Lipinski definition) is 1. The Balaban J connectivity index is 1.97. The first-order chi connectivity index (χ1) is 7.20. The van der Waals surface area contributed by atoms with Crippen LogP contribution in [0.2, 0.25) is 0 Å². The summed E-state index contributed by atoms with van der Waals surface area (Å²) in [4.78, 5) is 0. The quantitative estimate of drug-likeness (QED) is 0.791. The van der Waals surface area contributed by atoms with Crippen LogP contribution in [-0.2, 0) is 5.41 Å². The first-order valence-corrected chi connectivity index (χ1v) is 5.50. The van der Waals surface area contributed by atoms with E-state index in [1.165, 1.54) is 18.4 Å². The predicted molar refractivity (Wildman–Crippen MR) is 58.2 cm³/mol. The highest BCUT2D eigenvalue weighted by Crippen LogP contribution is 2.63. The monoisotopic (exact) mass is 198 g/mol. The number of nitrogens with two attached hydrogens (primary N) is 1. The first kappa shape index (κ1) is 8.94. The third kappa shape index (κ3) is 1.13. The minimum Gasteiger partial charge on any atom is -0.324 e. The van der Waals surface area contributed by atoms with Crippen LogP contribution in [0.5, 0.6) is 0 Å². The normalized spacial score (nSPS) is 24.3. The molecule has 0 radical (unpaired) electrons. The van der Waals surface area contributed by atoms with Crippen molar-refractivity contribution in [1.82, 2.24) is 0 Å². The van der Waals surface area contributed by atoms with Gasteiger partial charge in [-0.3, -0.25) is 0 Å². The van der Waals surface area contributed by atoms with Gasteiger partial charge in [-0.2, -0.15) is 5.26 Å². The summed E-state index contributed by atoms with van der Waals surface area (Å²) in [6.07, 6.45) is 4.75. The van der Waals surface area contributed by atoms with Crippen LogP contribution in [0.3, 0.4) is 0 Å². The van der Waals surface area contributed by atoms with Crippen LogP contribution >= 0.6 is 0 Å². The largest absolute Gasteiger partial charge is 0.324 e. The van der Waals surface area contributed by atoms with E-state index in [9.17, 15) is 0 Å². The van der Waals surface area contributed by atoms with E-state index in [4.69, 9.17) is 11.0 Å². The van der Waals surface area contributed by atoms with Crippen LogP contribution < -0.4 is 5.73 Å². The molecule has 2 heteroatoms. The molecule has 0 aromatic heterocycles. The maximum absolute atomic E-state index is 8.74. The summed E-state index contributed by atoms with van der Waals surface area (Å²) in [7, 11) is 0. The number of nitrogens with zero attached hydrogens (tertiary/aromatic N) is 1. The highest BCUT2D eigenvalue weighted by Gasteiger charge is 2.63. The van der Waals surface area contributed by atoms with Crippen molar-refractivity contribution in [1.29, 1.82) is 5.26 Å². The third-order valence-corrected chi connectivity index (χ3v) is 4.06. The lowest BCUT2D eigenvalue weighted by Gasteiger charge is -2.23. The van der Waals surface area contributed by atoms with Crippen LogP contribution in [0.25, 0.3) is 0 Å². The van der Waals surface area contributed by atoms with E-state index in [1.54, 1.807) is 0 Å². The summed E-state index contributed by atoms with van der Waals surface area (Å²) < 4.78 is 0. The molecule has 0 spiro atoms. The van der Waals surface area contributed by atoms with Crippen LogP contribution in [0.4, 0.5) is 0 Å². The second kappa shape index (κ2) is 2.62. The molecule has 0 heterocycles. The van der Waals surface area contributed by atoms with Crippen molar-refractivity contribution in [3.8, 4) is 6.07 Å². The molecule has 1 aromatic carbocycles. The minimum absolute atomic E-state index is 0.0706. The molecule has 3 rings (SSSR count). The zero-order valence-electron chi connectivity index (χ0n) is 8.66. The molecule has 1 aromatic rings. The van der Waals surface area contributed by atoms with Crippen molar-refractivity contribution < 1.29 is 0 Å². The second-order valence-electron chi connectivity index (χ2n) is 4.93. The second-order valence-corrected chi connectivity index (χ2v) is 4.93. The van der Waals surface area contributed by atoms with Gasteiger partial charge in [-0.15, -0.1) is 0 Å². The van der Waals surface area contributed by atoms with Gasteiger partial charge < -0.3 is 5.73 Å². The summed E-state index contributed by atoms with van der Waals surface area (Å²) in [6, 6.07) is 10.1. The molecule has 0 unspecified atom stereocenters. The van der Waals surface area contributed by atoms with Crippen molar-refractivity contribution >= 4 is 0 Å². The van der Waals surface area contributed by atoms with E-state index in [0.29, 0.717) is 0 Å². The van der Waals surface area contributed by atoms with Gasteiger partial charge in [0.15, 0.2) is 0 Å². The Kier molecular flexibility index (Phi) is 1.56. The van der Waals surface area contributed by atoms with Gasteiger partial charge in [-0.25, -0.2) is 0 Å². The Labute approximate surface area is 89.7 Å². The van der Waals surface area contributed by atoms with Gasteiger partial charge in [-0.1, -0.05) is 12.1 Å². The van der Waals surface area contributed by atoms with Crippen molar-refractivity contribution in [2.24, 2.45) is 5.73 Å². The molecule has 2 fully saturated rings. The summed E-state index contributed by atoms with van der Waals surface area (Å²) in [6.45, 7) is 0. The van der Waals surface area contributed by atoms with Gasteiger partial charge in [0.2, 0.25) is 0 Å². The topological polar surface area (TPSA) is 49.8 Å². The van der Waals surface area contributed by atoms with Crippen LogP contribution in [0.15, 0.2) is 24.3 Å².